The molecule has 0 unspecified atom stereocenters. The molecule has 0 saturated heterocycles. The molecule has 0 radical (unpaired) electrons. The summed E-state index contributed by atoms with van der Waals surface area (Å²) in [5, 5.41) is 11.5. The Bertz CT molecular complexity index is 620. The molecule has 0 heterocycles. The second-order valence-electron chi connectivity index (χ2n) is 5.30. The quantitative estimate of drug-likeness (QED) is 0.701. The third kappa shape index (κ3) is 5.94. The van der Waals surface area contributed by atoms with Gasteiger partial charge in [-0.05, 0) is 30.5 Å². The normalized spacial score (nSPS) is 13.0. The molecule has 1 aromatic rings. The van der Waals surface area contributed by atoms with E-state index in [-0.39, 0.29) is 25.0 Å². The Morgan fingerprint density at radius 1 is 1.25 bits per heavy atom. The third-order valence-electron chi connectivity index (χ3n) is 3.29. The summed E-state index contributed by atoms with van der Waals surface area (Å²) in [7, 11) is 0. The van der Waals surface area contributed by atoms with E-state index in [0.29, 0.717) is 0 Å². The Morgan fingerprint density at radius 2 is 1.92 bits per heavy atom. The first-order valence-corrected chi connectivity index (χ1v) is 7.36. The van der Waals surface area contributed by atoms with Crippen molar-refractivity contribution < 1.29 is 33.0 Å². The number of carbonyl (C=O) groups excluding carboxylic acids is 2. The van der Waals surface area contributed by atoms with Gasteiger partial charge in [-0.25, -0.2) is 13.6 Å². The number of rotatable bonds is 8. The van der Waals surface area contributed by atoms with Crippen LogP contribution < -0.4 is 5.32 Å². The molecule has 1 aromatic carbocycles. The van der Waals surface area contributed by atoms with Crippen LogP contribution in [0.3, 0.4) is 0 Å². The molecular weight excluding hydrogens is 324 g/mol. The van der Waals surface area contributed by atoms with E-state index >= 15 is 0 Å². The molecule has 0 bridgehead atoms. The van der Waals surface area contributed by atoms with Gasteiger partial charge >= 0.3 is 11.9 Å². The summed E-state index contributed by atoms with van der Waals surface area (Å²) in [6.07, 6.45) is -0.483. The summed E-state index contributed by atoms with van der Waals surface area (Å²) in [4.78, 5) is 34.6. The van der Waals surface area contributed by atoms with Crippen LogP contribution in [0.25, 0.3) is 0 Å². The molecule has 2 atom stereocenters. The fraction of sp³-hybridized carbons (Fsp3) is 0.438. The Balaban J connectivity index is 2.69. The summed E-state index contributed by atoms with van der Waals surface area (Å²) in [6, 6.07) is 1.69. The van der Waals surface area contributed by atoms with E-state index in [1.807, 2.05) is 0 Å². The first-order valence-electron chi connectivity index (χ1n) is 7.36. The lowest BCUT2D eigenvalue weighted by Gasteiger charge is -2.20. The van der Waals surface area contributed by atoms with E-state index in [9.17, 15) is 28.3 Å². The predicted octanol–water partition coefficient (Wildman–Crippen LogP) is 1.67. The number of esters is 1. The standard InChI is InChI=1S/C16H19F2NO5/c1-3-24-14(21)6-9(2)15(16(22)23)19-13(20)8-10-4-5-11(17)12(18)7-10/h4-5,7,9,15H,3,6,8H2,1-2H3,(H,19,20)(H,22,23)/t9-,15-/m0/s1. The topological polar surface area (TPSA) is 92.7 Å². The molecule has 0 fully saturated rings. The van der Waals surface area contributed by atoms with E-state index < -0.39 is 41.4 Å². The third-order valence-corrected chi connectivity index (χ3v) is 3.29. The van der Waals surface area contributed by atoms with Crippen molar-refractivity contribution in [2.24, 2.45) is 5.92 Å². The average molecular weight is 343 g/mol. The van der Waals surface area contributed by atoms with Gasteiger partial charge in [-0.1, -0.05) is 13.0 Å². The molecule has 1 amide bonds. The van der Waals surface area contributed by atoms with E-state index in [0.717, 1.165) is 12.1 Å². The first-order chi connectivity index (χ1) is 11.2. The van der Waals surface area contributed by atoms with E-state index in [1.165, 1.54) is 13.0 Å². The molecule has 1 rings (SSSR count). The molecule has 0 aliphatic heterocycles. The average Bonchev–Trinajstić information content (AvgIpc) is 2.48. The Labute approximate surface area is 137 Å². The van der Waals surface area contributed by atoms with Gasteiger partial charge in [0.2, 0.25) is 5.91 Å². The molecule has 0 aliphatic rings. The molecule has 8 heteroatoms. The van der Waals surface area contributed by atoms with Crippen molar-refractivity contribution in [1.29, 1.82) is 0 Å². The number of aliphatic carboxylic acids is 1. The highest BCUT2D eigenvalue weighted by molar-refractivity contribution is 5.85. The van der Waals surface area contributed by atoms with Crippen LogP contribution in [-0.2, 0) is 25.5 Å². The highest BCUT2D eigenvalue weighted by Gasteiger charge is 2.28. The van der Waals surface area contributed by atoms with Gasteiger partial charge in [0.1, 0.15) is 6.04 Å². The number of nitrogens with one attached hydrogen (secondary N) is 1. The number of hydrogen-bond donors (Lipinski definition) is 2. The lowest BCUT2D eigenvalue weighted by atomic mass is 9.98. The highest BCUT2D eigenvalue weighted by Crippen LogP contribution is 2.12. The minimum Gasteiger partial charge on any atom is -0.480 e. The molecule has 2 N–H and O–H groups in total. The van der Waals surface area contributed by atoms with Gasteiger partial charge in [0.15, 0.2) is 11.6 Å². The number of ether oxygens (including phenoxy) is 1. The minimum absolute atomic E-state index is 0.170. The van der Waals surface area contributed by atoms with Crippen molar-refractivity contribution >= 4 is 17.8 Å². The van der Waals surface area contributed by atoms with Gasteiger partial charge in [0, 0.05) is 0 Å². The van der Waals surface area contributed by atoms with Gasteiger partial charge in [-0.15, -0.1) is 0 Å². The summed E-state index contributed by atoms with van der Waals surface area (Å²) < 4.78 is 30.7. The van der Waals surface area contributed by atoms with E-state index in [4.69, 9.17) is 4.74 Å². The van der Waals surface area contributed by atoms with E-state index in [1.54, 1.807) is 6.92 Å². The summed E-state index contributed by atoms with van der Waals surface area (Å²) in [5.74, 6) is -5.37. The maximum absolute atomic E-state index is 13.1. The number of carboxylic acids is 1. The van der Waals surface area contributed by atoms with Crippen LogP contribution in [0.15, 0.2) is 18.2 Å². The fourth-order valence-electron chi connectivity index (χ4n) is 2.11. The van der Waals surface area contributed by atoms with Gasteiger partial charge in [0.05, 0.1) is 19.4 Å². The van der Waals surface area contributed by atoms with Crippen LogP contribution in [0.2, 0.25) is 0 Å². The van der Waals surface area contributed by atoms with Crippen LogP contribution >= 0.6 is 0 Å². The van der Waals surface area contributed by atoms with Crippen molar-refractivity contribution in [3.05, 3.63) is 35.4 Å². The molecule has 0 spiro atoms. The number of carboxylic acid groups (broad SMARTS) is 1. The molecule has 0 saturated carbocycles. The monoisotopic (exact) mass is 343 g/mol. The molecular formula is C16H19F2NO5. The minimum atomic E-state index is -1.30. The lowest BCUT2D eigenvalue weighted by molar-refractivity contribution is -0.147. The van der Waals surface area contributed by atoms with Crippen LogP contribution in [0.1, 0.15) is 25.8 Å². The van der Waals surface area contributed by atoms with Crippen LogP contribution in [0, 0.1) is 17.6 Å². The molecule has 132 valence electrons. The number of benzene rings is 1. The molecule has 24 heavy (non-hydrogen) atoms. The lowest BCUT2D eigenvalue weighted by Crippen LogP contribution is -2.46. The number of carbonyl (C=O) groups is 3. The molecule has 0 aliphatic carbocycles. The second kappa shape index (κ2) is 8.95. The Morgan fingerprint density at radius 3 is 2.46 bits per heavy atom. The van der Waals surface area contributed by atoms with Crippen molar-refractivity contribution in [2.75, 3.05) is 6.61 Å². The predicted molar refractivity (Wildman–Crippen MR) is 80.0 cm³/mol. The SMILES string of the molecule is CCOC(=O)C[C@H](C)[C@H](NC(=O)Cc1ccc(F)c(F)c1)C(=O)O. The summed E-state index contributed by atoms with van der Waals surface area (Å²) >= 11 is 0. The van der Waals surface area contributed by atoms with Crippen molar-refractivity contribution in [3.8, 4) is 0 Å². The number of hydrogen-bond acceptors (Lipinski definition) is 4. The second-order valence-corrected chi connectivity index (χ2v) is 5.30. The van der Waals surface area contributed by atoms with Crippen LogP contribution in [0.4, 0.5) is 8.78 Å². The molecule has 0 aromatic heterocycles. The number of amides is 1. The van der Waals surface area contributed by atoms with Gasteiger partial charge in [-0.3, -0.25) is 9.59 Å². The maximum Gasteiger partial charge on any atom is 0.326 e. The summed E-state index contributed by atoms with van der Waals surface area (Å²) in [6.45, 7) is 3.29. The Hall–Kier alpha value is -2.51. The highest BCUT2D eigenvalue weighted by atomic mass is 19.2. The fourth-order valence-corrected chi connectivity index (χ4v) is 2.11. The van der Waals surface area contributed by atoms with Gasteiger partial charge in [0.25, 0.3) is 0 Å². The maximum atomic E-state index is 13.1. The smallest absolute Gasteiger partial charge is 0.326 e. The zero-order chi connectivity index (χ0) is 18.3. The van der Waals surface area contributed by atoms with E-state index in [2.05, 4.69) is 5.32 Å². The van der Waals surface area contributed by atoms with Gasteiger partial charge < -0.3 is 15.2 Å². The van der Waals surface area contributed by atoms with Crippen molar-refractivity contribution in [3.63, 3.8) is 0 Å². The van der Waals surface area contributed by atoms with Gasteiger partial charge in [-0.2, -0.15) is 0 Å². The Kier molecular flexibility index (Phi) is 7.29. The zero-order valence-electron chi connectivity index (χ0n) is 13.3. The van der Waals surface area contributed by atoms with Crippen LogP contribution in [-0.4, -0.2) is 35.6 Å². The first kappa shape index (κ1) is 19.5. The van der Waals surface area contributed by atoms with Crippen LogP contribution in [0.5, 0.6) is 0 Å². The largest absolute Gasteiger partial charge is 0.480 e. The van der Waals surface area contributed by atoms with Crippen molar-refractivity contribution in [1.82, 2.24) is 5.32 Å². The number of halogens is 2. The summed E-state index contributed by atoms with van der Waals surface area (Å²) in [5.41, 5.74) is 0.202. The zero-order valence-corrected chi connectivity index (χ0v) is 13.3. The molecule has 6 nitrogen and oxygen atoms in total. The van der Waals surface area contributed by atoms with Crippen molar-refractivity contribution in [2.45, 2.75) is 32.7 Å².